The number of carbonyl (C=O) groups excluding carboxylic acids is 1. The Morgan fingerprint density at radius 2 is 0.638 bits per heavy atom. The Hall–Kier alpha value is -2.25. The van der Waals surface area contributed by atoms with Crippen molar-refractivity contribution in [3.63, 3.8) is 0 Å². The van der Waals surface area contributed by atoms with Crippen molar-refractivity contribution in [1.29, 1.82) is 0 Å². The molecule has 0 aliphatic carbocycles. The molecule has 0 aromatic rings. The van der Waals surface area contributed by atoms with Gasteiger partial charge in [-0.05, 0) is 64.2 Å². The molecular weight excluding hydrogens is 1330 g/mol. The van der Waals surface area contributed by atoms with E-state index < -0.39 is 124 Å². The highest BCUT2D eigenvalue weighted by Gasteiger charge is 2.54. The minimum atomic E-state index is -1.98. The highest BCUT2D eigenvalue weighted by atomic mass is 16.8. The number of ether oxygens (including phenoxy) is 6. The zero-order valence-electron chi connectivity index (χ0n) is 66.2. The van der Waals surface area contributed by atoms with Crippen molar-refractivity contribution in [1.82, 2.24) is 5.32 Å². The summed E-state index contributed by atoms with van der Waals surface area (Å²) in [5.41, 5.74) is 0. The van der Waals surface area contributed by atoms with Crippen LogP contribution in [0.25, 0.3) is 0 Å². The van der Waals surface area contributed by atoms with Crippen LogP contribution in [0.5, 0.6) is 0 Å². The van der Waals surface area contributed by atoms with Crippen LogP contribution >= 0.6 is 0 Å². The quantitative estimate of drug-likeness (QED) is 0.0199. The van der Waals surface area contributed by atoms with Gasteiger partial charge in [0.1, 0.15) is 73.2 Å². The van der Waals surface area contributed by atoms with Crippen LogP contribution in [0.3, 0.4) is 0 Å². The van der Waals surface area contributed by atoms with Crippen molar-refractivity contribution < 1.29 is 89.4 Å². The van der Waals surface area contributed by atoms with Gasteiger partial charge >= 0.3 is 0 Å². The maximum Gasteiger partial charge on any atom is 0.220 e. The van der Waals surface area contributed by atoms with Crippen LogP contribution in [0.15, 0.2) is 48.6 Å². The normalized spacial score (nSPS) is 26.0. The first kappa shape index (κ1) is 96.9. The van der Waals surface area contributed by atoms with E-state index in [2.05, 4.69) is 55.6 Å². The topological polar surface area (TPSA) is 307 Å². The molecule has 0 aromatic heterocycles. The molecule has 3 fully saturated rings. The average Bonchev–Trinajstić information content (AvgIpc) is 0.781. The second-order valence-corrected chi connectivity index (χ2v) is 31.0. The van der Waals surface area contributed by atoms with Crippen molar-refractivity contribution in [3.05, 3.63) is 48.6 Å². The van der Waals surface area contributed by atoms with Gasteiger partial charge in [-0.3, -0.25) is 4.79 Å². The van der Waals surface area contributed by atoms with Gasteiger partial charge < -0.3 is 89.9 Å². The summed E-state index contributed by atoms with van der Waals surface area (Å²) in [4.78, 5) is 13.5. The molecule has 3 heterocycles. The Labute approximate surface area is 637 Å². The SMILES string of the molecule is CCCCCCC/C=C\C/C=C\CCCCCCCCCCCCCCCCCCCCCC(=O)NC(COC1OC(CO)C(OC2OC(CO)C(OC3OC(CO)C(O)C(O)C3O)C(O)C2O)C(O)C1O)C(O)/C=C/CC/C=C/CCCCCCCCCCCCCCCCCCCCCCCCC. The molecule has 616 valence electrons. The summed E-state index contributed by atoms with van der Waals surface area (Å²) in [5.74, 6) is -0.279. The third-order valence-electron chi connectivity index (χ3n) is 21.6. The van der Waals surface area contributed by atoms with Crippen molar-refractivity contribution in [3.8, 4) is 0 Å². The molecule has 3 aliphatic rings. The largest absolute Gasteiger partial charge is 0.394 e. The van der Waals surface area contributed by atoms with Crippen LogP contribution in [0.2, 0.25) is 0 Å². The predicted molar refractivity (Wildman–Crippen MR) is 420 cm³/mol. The van der Waals surface area contributed by atoms with E-state index in [1.54, 1.807) is 6.08 Å². The average molecular weight is 1500 g/mol. The maximum absolute atomic E-state index is 13.5. The Balaban J connectivity index is 1.36. The second-order valence-electron chi connectivity index (χ2n) is 31.0. The van der Waals surface area contributed by atoms with Gasteiger partial charge in [-0.15, -0.1) is 0 Å². The van der Waals surface area contributed by atoms with Gasteiger partial charge in [-0.2, -0.15) is 0 Å². The molecule has 0 aromatic carbocycles. The fraction of sp³-hybridized carbons (Fsp3) is 0.895. The molecule has 19 nitrogen and oxygen atoms in total. The van der Waals surface area contributed by atoms with Crippen LogP contribution < -0.4 is 5.32 Å². The van der Waals surface area contributed by atoms with Crippen molar-refractivity contribution in [2.75, 3.05) is 26.4 Å². The van der Waals surface area contributed by atoms with Crippen LogP contribution in [0.1, 0.15) is 361 Å². The molecular formula is C86H159NO18. The number of aliphatic hydroxyl groups excluding tert-OH is 11. The highest BCUT2D eigenvalue weighted by molar-refractivity contribution is 5.76. The number of hydrogen-bond donors (Lipinski definition) is 12. The lowest BCUT2D eigenvalue weighted by molar-refractivity contribution is -0.379. The van der Waals surface area contributed by atoms with Gasteiger partial charge in [0.25, 0.3) is 0 Å². The molecule has 0 saturated carbocycles. The number of carbonyl (C=O) groups is 1. The number of hydrogen-bond acceptors (Lipinski definition) is 18. The molecule has 19 heteroatoms. The number of aliphatic hydroxyl groups is 11. The van der Waals surface area contributed by atoms with E-state index in [1.165, 1.54) is 283 Å². The maximum atomic E-state index is 13.5. The van der Waals surface area contributed by atoms with E-state index in [1.807, 2.05) is 6.08 Å². The molecule has 0 spiro atoms. The molecule has 1 amide bonds. The molecule has 0 bridgehead atoms. The molecule has 3 rings (SSSR count). The summed E-state index contributed by atoms with van der Waals surface area (Å²) >= 11 is 0. The Morgan fingerprint density at radius 1 is 0.343 bits per heavy atom. The molecule has 105 heavy (non-hydrogen) atoms. The summed E-state index contributed by atoms with van der Waals surface area (Å²) < 4.78 is 34.5. The molecule has 3 aliphatic heterocycles. The van der Waals surface area contributed by atoms with E-state index >= 15 is 0 Å². The summed E-state index contributed by atoms with van der Waals surface area (Å²) in [5, 5.41) is 121. The van der Waals surface area contributed by atoms with Crippen LogP contribution in [0, 0.1) is 0 Å². The minimum absolute atomic E-state index is 0.238. The fourth-order valence-electron chi connectivity index (χ4n) is 14.7. The number of rotatable bonds is 70. The van der Waals surface area contributed by atoms with Crippen molar-refractivity contribution in [2.24, 2.45) is 0 Å². The standard InChI is InChI=1S/C86H159NO18/c1-3-5-7-9-11-13-15-17-19-21-23-25-27-29-31-33-34-36-38-40-42-44-46-48-50-52-54-56-58-60-62-64-74(92)87-69(70(91)63-61-59-57-55-53-51-49-47-45-43-41-39-37-35-32-30-28-26-24-22-20-18-16-14-12-10-8-6-4-2)68-100-84-80(98)77(95)82(72(66-89)102-84)105-86-81(99)78(96)83(73(67-90)103-86)104-85-79(97)76(94)75(93)71(65-88)101-85/h15,17,21,23,53,55,61,63,69-73,75-86,88-91,93-99H,3-14,16,18-20,22,24-52,54,56-60,62,64-68H2,1-2H3,(H,87,92)/b17-15-,23-21-,55-53+,63-61+. The van der Waals surface area contributed by atoms with Gasteiger partial charge in [0, 0.05) is 6.42 Å². The molecule has 17 atom stereocenters. The zero-order valence-corrected chi connectivity index (χ0v) is 66.2. The molecule has 0 radical (unpaired) electrons. The molecule has 17 unspecified atom stereocenters. The van der Waals surface area contributed by atoms with E-state index in [9.17, 15) is 61.0 Å². The third kappa shape index (κ3) is 45.8. The first-order valence-corrected chi connectivity index (χ1v) is 43.4. The van der Waals surface area contributed by atoms with Gasteiger partial charge in [-0.1, -0.05) is 339 Å². The first-order chi connectivity index (χ1) is 51.3. The van der Waals surface area contributed by atoms with E-state index in [-0.39, 0.29) is 18.9 Å². The van der Waals surface area contributed by atoms with Gasteiger partial charge in [-0.25, -0.2) is 0 Å². The monoisotopic (exact) mass is 1490 g/mol. The summed E-state index contributed by atoms with van der Waals surface area (Å²) in [6.45, 7) is 1.76. The predicted octanol–water partition coefficient (Wildman–Crippen LogP) is 15.6. The molecule has 12 N–H and O–H groups in total. The second kappa shape index (κ2) is 66.4. The summed E-state index contributed by atoms with van der Waals surface area (Å²) in [6.07, 6.45) is 58.3. The van der Waals surface area contributed by atoms with Crippen LogP contribution in [-0.2, 0) is 33.2 Å². The Morgan fingerprint density at radius 3 is 1.01 bits per heavy atom. The Kier molecular flexibility index (Phi) is 61.3. The fourth-order valence-corrected chi connectivity index (χ4v) is 14.7. The van der Waals surface area contributed by atoms with E-state index in [0.717, 1.165) is 44.9 Å². The van der Waals surface area contributed by atoms with Crippen LogP contribution in [-0.4, -0.2) is 193 Å². The van der Waals surface area contributed by atoms with Crippen molar-refractivity contribution >= 4 is 5.91 Å². The van der Waals surface area contributed by atoms with Gasteiger partial charge in [0.2, 0.25) is 5.91 Å². The van der Waals surface area contributed by atoms with E-state index in [0.29, 0.717) is 12.8 Å². The number of nitrogens with one attached hydrogen (secondary N) is 1. The zero-order chi connectivity index (χ0) is 76.0. The third-order valence-corrected chi connectivity index (χ3v) is 21.6. The van der Waals surface area contributed by atoms with Crippen LogP contribution in [0.4, 0.5) is 0 Å². The smallest absolute Gasteiger partial charge is 0.220 e. The number of amides is 1. The first-order valence-electron chi connectivity index (χ1n) is 43.4. The number of unbranched alkanes of at least 4 members (excludes halogenated alkanes) is 48. The lowest BCUT2D eigenvalue weighted by atomic mass is 9.96. The minimum Gasteiger partial charge on any atom is -0.394 e. The lowest BCUT2D eigenvalue weighted by Gasteiger charge is -2.48. The lowest BCUT2D eigenvalue weighted by Crippen LogP contribution is -2.66. The van der Waals surface area contributed by atoms with E-state index in [4.69, 9.17) is 28.4 Å². The summed E-state index contributed by atoms with van der Waals surface area (Å²) in [6, 6.07) is -0.992. The van der Waals surface area contributed by atoms with Gasteiger partial charge in [0.05, 0.1) is 38.6 Å². The van der Waals surface area contributed by atoms with Gasteiger partial charge in [0.15, 0.2) is 18.9 Å². The Bertz CT molecular complexity index is 2080. The van der Waals surface area contributed by atoms with Crippen molar-refractivity contribution in [2.45, 2.75) is 465 Å². The summed E-state index contributed by atoms with van der Waals surface area (Å²) in [7, 11) is 0. The molecule has 3 saturated heterocycles. The number of allylic oxidation sites excluding steroid dienone is 7. The highest BCUT2D eigenvalue weighted by Crippen LogP contribution is 2.33.